The highest BCUT2D eigenvalue weighted by atomic mass is 16.3. The number of benzene rings is 1. The number of rotatable bonds is 2. The molecule has 1 aliphatic heterocycles. The van der Waals surface area contributed by atoms with Crippen LogP contribution in [-0.2, 0) is 10.2 Å². The van der Waals surface area contributed by atoms with Crippen LogP contribution in [0.4, 0.5) is 5.69 Å². The summed E-state index contributed by atoms with van der Waals surface area (Å²) in [6.07, 6.45) is 3.34. The van der Waals surface area contributed by atoms with Crippen LogP contribution in [-0.4, -0.2) is 11.0 Å². The van der Waals surface area contributed by atoms with Crippen molar-refractivity contribution in [3.05, 3.63) is 29.3 Å². The third-order valence-electron chi connectivity index (χ3n) is 5.60. The first-order valence-electron chi connectivity index (χ1n) is 7.61. The zero-order valence-electron chi connectivity index (χ0n) is 12.0. The van der Waals surface area contributed by atoms with Gasteiger partial charge in [-0.15, -0.1) is 0 Å². The van der Waals surface area contributed by atoms with Crippen molar-refractivity contribution in [2.75, 3.05) is 5.32 Å². The molecule has 2 saturated carbocycles. The first-order valence-corrected chi connectivity index (χ1v) is 7.61. The van der Waals surface area contributed by atoms with Crippen molar-refractivity contribution >= 4 is 11.6 Å². The monoisotopic (exact) mass is 271 g/mol. The van der Waals surface area contributed by atoms with E-state index in [1.54, 1.807) is 0 Å². The summed E-state index contributed by atoms with van der Waals surface area (Å²) in [5.74, 6) is 2.21. The molecule has 0 aromatic heterocycles. The normalized spacial score (nSPS) is 34.4. The number of anilines is 1. The molecule has 2 N–H and O–H groups in total. The summed E-state index contributed by atoms with van der Waals surface area (Å²) in [5.41, 5.74) is 2.38. The van der Waals surface area contributed by atoms with Crippen LogP contribution in [0.1, 0.15) is 50.3 Å². The smallest absolute Gasteiger partial charge is 0.234 e. The van der Waals surface area contributed by atoms with Gasteiger partial charge in [0.05, 0.1) is 11.5 Å². The minimum absolute atomic E-state index is 0.0428. The SMILES string of the molecule is CC1(C)C(=O)Nc2ccc(C(O)C3CC4CC4C3)cc21. The maximum Gasteiger partial charge on any atom is 0.234 e. The average Bonchev–Trinajstić information content (AvgIpc) is 2.96. The van der Waals surface area contributed by atoms with E-state index in [1.807, 2.05) is 32.0 Å². The predicted molar refractivity (Wildman–Crippen MR) is 77.4 cm³/mol. The molecule has 3 unspecified atom stereocenters. The topological polar surface area (TPSA) is 49.3 Å². The van der Waals surface area contributed by atoms with Crippen LogP contribution in [0, 0.1) is 17.8 Å². The van der Waals surface area contributed by atoms with Crippen LogP contribution in [0.25, 0.3) is 0 Å². The van der Waals surface area contributed by atoms with E-state index < -0.39 is 5.41 Å². The van der Waals surface area contributed by atoms with Gasteiger partial charge in [0.1, 0.15) is 0 Å². The lowest BCUT2D eigenvalue weighted by Gasteiger charge is -2.22. The minimum atomic E-state index is -0.497. The van der Waals surface area contributed by atoms with Gasteiger partial charge in [-0.25, -0.2) is 0 Å². The molecule has 3 heteroatoms. The molecule has 0 bridgehead atoms. The molecule has 20 heavy (non-hydrogen) atoms. The predicted octanol–water partition coefficient (Wildman–Crippen LogP) is 3.00. The Morgan fingerprint density at radius 1 is 1.25 bits per heavy atom. The first kappa shape index (κ1) is 12.4. The molecule has 1 heterocycles. The summed E-state index contributed by atoms with van der Waals surface area (Å²) < 4.78 is 0. The van der Waals surface area contributed by atoms with Crippen molar-refractivity contribution in [3.8, 4) is 0 Å². The van der Waals surface area contributed by atoms with Crippen molar-refractivity contribution in [1.82, 2.24) is 0 Å². The van der Waals surface area contributed by atoms with Crippen LogP contribution in [0.2, 0.25) is 0 Å². The number of fused-ring (bicyclic) bond motifs is 2. The molecule has 1 amide bonds. The van der Waals surface area contributed by atoms with Gasteiger partial charge in [-0.05, 0) is 68.1 Å². The molecular weight excluding hydrogens is 250 g/mol. The molecule has 106 valence electrons. The number of carbonyl (C=O) groups is 1. The van der Waals surface area contributed by atoms with Gasteiger partial charge in [0.15, 0.2) is 0 Å². The van der Waals surface area contributed by atoms with E-state index in [1.165, 1.54) is 19.3 Å². The number of hydrogen-bond acceptors (Lipinski definition) is 2. The third kappa shape index (κ3) is 1.65. The molecule has 2 aliphatic carbocycles. The van der Waals surface area contributed by atoms with Gasteiger partial charge in [0.2, 0.25) is 5.91 Å². The number of carbonyl (C=O) groups excluding carboxylic acids is 1. The molecule has 3 atom stereocenters. The van der Waals surface area contributed by atoms with E-state index >= 15 is 0 Å². The van der Waals surface area contributed by atoms with Crippen molar-refractivity contribution in [3.63, 3.8) is 0 Å². The van der Waals surface area contributed by atoms with E-state index in [4.69, 9.17) is 0 Å². The molecule has 4 rings (SSSR count). The highest BCUT2D eigenvalue weighted by Gasteiger charge is 2.48. The fourth-order valence-electron chi connectivity index (χ4n) is 4.06. The zero-order chi connectivity index (χ0) is 14.1. The van der Waals surface area contributed by atoms with Crippen LogP contribution >= 0.6 is 0 Å². The third-order valence-corrected chi connectivity index (χ3v) is 5.60. The number of amides is 1. The first-order chi connectivity index (χ1) is 9.46. The maximum atomic E-state index is 12.0. The van der Waals surface area contributed by atoms with Crippen LogP contribution < -0.4 is 5.32 Å². The quantitative estimate of drug-likeness (QED) is 0.868. The molecule has 0 spiro atoms. The number of hydrogen-bond donors (Lipinski definition) is 2. The summed E-state index contributed by atoms with van der Waals surface area (Å²) >= 11 is 0. The highest BCUT2D eigenvalue weighted by molar-refractivity contribution is 6.05. The Labute approximate surface area is 119 Å². The zero-order valence-corrected chi connectivity index (χ0v) is 12.0. The van der Waals surface area contributed by atoms with Gasteiger partial charge in [0, 0.05) is 5.69 Å². The summed E-state index contributed by atoms with van der Waals surface area (Å²) in [5, 5.41) is 13.5. The summed E-state index contributed by atoms with van der Waals surface area (Å²) in [4.78, 5) is 12.0. The second-order valence-electron chi connectivity index (χ2n) is 7.32. The van der Waals surface area contributed by atoms with Gasteiger partial charge >= 0.3 is 0 Å². The number of aliphatic hydroxyl groups is 1. The molecule has 3 nitrogen and oxygen atoms in total. The van der Waals surface area contributed by atoms with Gasteiger partial charge < -0.3 is 10.4 Å². The minimum Gasteiger partial charge on any atom is -0.388 e. The standard InChI is InChI=1S/C17H21NO2/c1-17(2)13-8-9(3-4-14(13)18-16(17)20)15(19)12-6-10-5-11(10)7-12/h3-4,8,10-12,15,19H,5-7H2,1-2H3,(H,18,20). The lowest BCUT2D eigenvalue weighted by Crippen LogP contribution is -2.27. The summed E-state index contributed by atoms with van der Waals surface area (Å²) in [6, 6.07) is 5.94. The van der Waals surface area contributed by atoms with E-state index in [2.05, 4.69) is 5.32 Å². The molecule has 0 radical (unpaired) electrons. The van der Waals surface area contributed by atoms with E-state index in [9.17, 15) is 9.90 Å². The van der Waals surface area contributed by atoms with Crippen molar-refractivity contribution in [1.29, 1.82) is 0 Å². The number of nitrogens with one attached hydrogen (secondary N) is 1. The lowest BCUT2D eigenvalue weighted by molar-refractivity contribution is -0.119. The molecular formula is C17H21NO2. The van der Waals surface area contributed by atoms with Gasteiger partial charge in [-0.3, -0.25) is 4.79 Å². The fourth-order valence-corrected chi connectivity index (χ4v) is 4.06. The van der Waals surface area contributed by atoms with E-state index in [-0.39, 0.29) is 12.0 Å². The van der Waals surface area contributed by atoms with Crippen molar-refractivity contribution < 1.29 is 9.90 Å². The lowest BCUT2D eigenvalue weighted by atomic mass is 9.83. The second-order valence-corrected chi connectivity index (χ2v) is 7.32. The fraction of sp³-hybridized carbons (Fsp3) is 0.588. The second kappa shape index (κ2) is 3.85. The largest absolute Gasteiger partial charge is 0.388 e. The Bertz CT molecular complexity index is 583. The van der Waals surface area contributed by atoms with Crippen molar-refractivity contribution in [2.24, 2.45) is 17.8 Å². The van der Waals surface area contributed by atoms with Gasteiger partial charge in [0.25, 0.3) is 0 Å². The maximum absolute atomic E-state index is 12.0. The van der Waals surface area contributed by atoms with Crippen LogP contribution in [0.3, 0.4) is 0 Å². The average molecular weight is 271 g/mol. The highest BCUT2D eigenvalue weighted by Crippen LogP contribution is 2.57. The van der Waals surface area contributed by atoms with Crippen LogP contribution in [0.15, 0.2) is 18.2 Å². The molecule has 2 fully saturated rings. The van der Waals surface area contributed by atoms with Gasteiger partial charge in [-0.1, -0.05) is 12.1 Å². The molecule has 1 aromatic carbocycles. The molecule has 0 saturated heterocycles. The van der Waals surface area contributed by atoms with Crippen LogP contribution in [0.5, 0.6) is 0 Å². The Morgan fingerprint density at radius 2 is 1.95 bits per heavy atom. The summed E-state index contributed by atoms with van der Waals surface area (Å²) in [7, 11) is 0. The van der Waals surface area contributed by atoms with Crippen molar-refractivity contribution in [2.45, 2.75) is 44.6 Å². The van der Waals surface area contributed by atoms with E-state index in [0.717, 1.165) is 28.7 Å². The summed E-state index contributed by atoms with van der Waals surface area (Å²) in [6.45, 7) is 3.88. The Kier molecular flexibility index (Phi) is 2.39. The Morgan fingerprint density at radius 3 is 2.65 bits per heavy atom. The molecule has 3 aliphatic rings. The van der Waals surface area contributed by atoms with E-state index in [0.29, 0.717) is 5.92 Å². The molecule has 1 aromatic rings. The Hall–Kier alpha value is -1.35. The number of aliphatic hydroxyl groups excluding tert-OH is 1. The Balaban J connectivity index is 1.64. The van der Waals surface area contributed by atoms with Gasteiger partial charge in [-0.2, -0.15) is 0 Å².